The fourth-order valence-electron chi connectivity index (χ4n) is 1.78. The first-order valence-corrected chi connectivity index (χ1v) is 6.22. The van der Waals surface area contributed by atoms with Crippen LogP contribution in [0.1, 0.15) is 25.5 Å². The van der Waals surface area contributed by atoms with Gasteiger partial charge in [0.1, 0.15) is 11.6 Å². The van der Waals surface area contributed by atoms with E-state index in [0.29, 0.717) is 0 Å². The molecule has 2 rings (SSSR count). The first kappa shape index (κ1) is 11.6. The lowest BCUT2D eigenvalue weighted by Gasteiger charge is -2.15. The number of rotatable bonds is 2. The molecule has 0 aliphatic rings. The highest BCUT2D eigenvalue weighted by molar-refractivity contribution is 7.13. The molecule has 0 atom stereocenters. The molecule has 0 aliphatic carbocycles. The van der Waals surface area contributed by atoms with Gasteiger partial charge in [-0.25, -0.2) is 0 Å². The van der Waals surface area contributed by atoms with Gasteiger partial charge in [-0.15, -0.1) is 11.3 Å². The largest absolute Gasteiger partial charge is 0.304 e. The third-order valence-electron chi connectivity index (χ3n) is 2.53. The van der Waals surface area contributed by atoms with Crippen LogP contribution in [-0.2, 0) is 0 Å². The van der Waals surface area contributed by atoms with E-state index >= 15 is 0 Å². The van der Waals surface area contributed by atoms with Crippen LogP contribution in [0.25, 0.3) is 10.6 Å². The van der Waals surface area contributed by atoms with Crippen LogP contribution < -0.4 is 5.56 Å². The summed E-state index contributed by atoms with van der Waals surface area (Å²) in [5, 5.41) is 10.9. The Balaban J connectivity index is 2.75. The quantitative estimate of drug-likeness (QED) is 0.815. The van der Waals surface area contributed by atoms with Crippen molar-refractivity contribution in [3.05, 3.63) is 45.6 Å². The van der Waals surface area contributed by atoms with Crippen molar-refractivity contribution in [3.63, 3.8) is 0 Å². The zero-order valence-electron chi connectivity index (χ0n) is 9.68. The van der Waals surface area contributed by atoms with E-state index in [2.05, 4.69) is 0 Å². The summed E-state index contributed by atoms with van der Waals surface area (Å²) < 4.78 is 1.67. The standard InChI is InChI=1S/C13H12N2OS/c1-9(2)15-11(12-4-3-7-17-12)6-5-10(8-14)13(15)16/h3-7,9H,1-2H3. The van der Waals surface area contributed by atoms with E-state index in [0.717, 1.165) is 10.6 Å². The van der Waals surface area contributed by atoms with Crippen LogP contribution in [0.2, 0.25) is 0 Å². The molecule has 0 spiro atoms. The highest BCUT2D eigenvalue weighted by Gasteiger charge is 2.13. The molecule has 0 saturated heterocycles. The Kier molecular flexibility index (Phi) is 3.12. The number of thiophene rings is 1. The molecule has 4 heteroatoms. The SMILES string of the molecule is CC(C)n1c(-c2cccs2)ccc(C#N)c1=O. The predicted molar refractivity (Wildman–Crippen MR) is 69.1 cm³/mol. The summed E-state index contributed by atoms with van der Waals surface area (Å²) in [6.07, 6.45) is 0. The number of hydrogen-bond acceptors (Lipinski definition) is 3. The molecule has 0 aromatic carbocycles. The van der Waals surface area contributed by atoms with Crippen molar-refractivity contribution in [3.8, 4) is 16.6 Å². The summed E-state index contributed by atoms with van der Waals surface area (Å²) in [6.45, 7) is 3.89. The number of pyridine rings is 1. The maximum Gasteiger partial charge on any atom is 0.269 e. The molecule has 3 nitrogen and oxygen atoms in total. The minimum absolute atomic E-state index is 0.0351. The van der Waals surface area contributed by atoms with Crippen molar-refractivity contribution < 1.29 is 0 Å². The molecular weight excluding hydrogens is 232 g/mol. The second kappa shape index (κ2) is 4.56. The first-order valence-electron chi connectivity index (χ1n) is 5.34. The number of nitrogens with zero attached hydrogens (tertiary/aromatic N) is 2. The maximum absolute atomic E-state index is 12.1. The molecule has 0 aliphatic heterocycles. The lowest BCUT2D eigenvalue weighted by Crippen LogP contribution is -2.25. The van der Waals surface area contributed by atoms with Gasteiger partial charge in [-0.05, 0) is 37.4 Å². The Hall–Kier alpha value is -1.86. The molecule has 0 amide bonds. The van der Waals surface area contributed by atoms with E-state index in [9.17, 15) is 4.79 Å². The van der Waals surface area contributed by atoms with Gasteiger partial charge in [0.05, 0.1) is 10.6 Å². The van der Waals surface area contributed by atoms with Gasteiger partial charge in [0.15, 0.2) is 0 Å². The number of nitriles is 1. The van der Waals surface area contributed by atoms with Crippen LogP contribution in [0.3, 0.4) is 0 Å². The minimum Gasteiger partial charge on any atom is -0.304 e. The first-order chi connectivity index (χ1) is 8.15. The van der Waals surface area contributed by atoms with Gasteiger partial charge >= 0.3 is 0 Å². The highest BCUT2D eigenvalue weighted by atomic mass is 32.1. The van der Waals surface area contributed by atoms with Crippen LogP contribution in [0.4, 0.5) is 0 Å². The third-order valence-corrected chi connectivity index (χ3v) is 3.42. The van der Waals surface area contributed by atoms with Crippen LogP contribution in [-0.4, -0.2) is 4.57 Å². The topological polar surface area (TPSA) is 45.8 Å². The van der Waals surface area contributed by atoms with E-state index in [4.69, 9.17) is 5.26 Å². The average Bonchev–Trinajstić information content (AvgIpc) is 2.81. The van der Waals surface area contributed by atoms with Crippen molar-refractivity contribution >= 4 is 11.3 Å². The average molecular weight is 244 g/mol. The van der Waals surface area contributed by atoms with E-state index in [1.165, 1.54) is 0 Å². The fraction of sp³-hybridized carbons (Fsp3) is 0.231. The van der Waals surface area contributed by atoms with Crippen LogP contribution >= 0.6 is 11.3 Å². The summed E-state index contributed by atoms with van der Waals surface area (Å²) in [5.74, 6) is 0. The zero-order chi connectivity index (χ0) is 12.4. The Bertz CT molecular complexity index is 618. The van der Waals surface area contributed by atoms with Gasteiger partial charge in [-0.3, -0.25) is 4.79 Å². The van der Waals surface area contributed by atoms with E-state index in [1.54, 1.807) is 22.0 Å². The monoisotopic (exact) mass is 244 g/mol. The molecule has 0 bridgehead atoms. The molecule has 17 heavy (non-hydrogen) atoms. The smallest absolute Gasteiger partial charge is 0.269 e. The van der Waals surface area contributed by atoms with E-state index < -0.39 is 0 Å². The minimum atomic E-state index is -0.214. The lowest BCUT2D eigenvalue weighted by atomic mass is 10.2. The molecule has 86 valence electrons. The summed E-state index contributed by atoms with van der Waals surface area (Å²) >= 11 is 1.59. The molecule has 2 aromatic heterocycles. The molecule has 2 heterocycles. The Morgan fingerprint density at radius 3 is 2.65 bits per heavy atom. The molecule has 0 saturated carbocycles. The maximum atomic E-state index is 12.1. The van der Waals surface area contributed by atoms with Gasteiger partial charge in [-0.1, -0.05) is 6.07 Å². The van der Waals surface area contributed by atoms with Crippen LogP contribution in [0.5, 0.6) is 0 Å². The Morgan fingerprint density at radius 2 is 2.12 bits per heavy atom. The normalized spacial score (nSPS) is 10.5. The summed E-state index contributed by atoms with van der Waals surface area (Å²) in [7, 11) is 0. The van der Waals surface area contributed by atoms with Gasteiger partial charge in [0.2, 0.25) is 0 Å². The highest BCUT2D eigenvalue weighted by Crippen LogP contribution is 2.25. The Morgan fingerprint density at radius 1 is 1.35 bits per heavy atom. The Labute approximate surface area is 104 Å². The molecule has 0 radical (unpaired) electrons. The van der Waals surface area contributed by atoms with Crippen molar-refractivity contribution in [2.24, 2.45) is 0 Å². The van der Waals surface area contributed by atoms with Gasteiger partial charge in [-0.2, -0.15) is 5.26 Å². The van der Waals surface area contributed by atoms with Crippen LogP contribution in [0, 0.1) is 11.3 Å². The van der Waals surface area contributed by atoms with Crippen molar-refractivity contribution in [2.45, 2.75) is 19.9 Å². The molecule has 0 fully saturated rings. The molecule has 2 aromatic rings. The molecular formula is C13H12N2OS. The lowest BCUT2D eigenvalue weighted by molar-refractivity contribution is 0.584. The summed E-state index contributed by atoms with van der Waals surface area (Å²) in [6, 6.07) is 9.33. The summed E-state index contributed by atoms with van der Waals surface area (Å²) in [5.41, 5.74) is 0.853. The number of hydrogen-bond donors (Lipinski definition) is 0. The molecule has 0 N–H and O–H groups in total. The van der Waals surface area contributed by atoms with Crippen molar-refractivity contribution in [1.82, 2.24) is 4.57 Å². The van der Waals surface area contributed by atoms with Gasteiger partial charge in [0.25, 0.3) is 5.56 Å². The number of aromatic nitrogens is 1. The van der Waals surface area contributed by atoms with Crippen LogP contribution in [0.15, 0.2) is 34.4 Å². The third kappa shape index (κ3) is 2.02. The van der Waals surface area contributed by atoms with E-state index in [-0.39, 0.29) is 17.2 Å². The van der Waals surface area contributed by atoms with Crippen molar-refractivity contribution in [1.29, 1.82) is 5.26 Å². The van der Waals surface area contributed by atoms with Gasteiger partial charge < -0.3 is 4.57 Å². The zero-order valence-corrected chi connectivity index (χ0v) is 10.5. The van der Waals surface area contributed by atoms with Crippen molar-refractivity contribution in [2.75, 3.05) is 0 Å². The predicted octanol–water partition coefficient (Wildman–Crippen LogP) is 3.03. The van der Waals surface area contributed by atoms with E-state index in [1.807, 2.05) is 43.5 Å². The fourth-order valence-corrected chi connectivity index (χ4v) is 2.52. The second-order valence-corrected chi connectivity index (χ2v) is 4.94. The summed E-state index contributed by atoms with van der Waals surface area (Å²) in [4.78, 5) is 13.1. The van der Waals surface area contributed by atoms with Gasteiger partial charge in [0, 0.05) is 6.04 Å². The molecule has 0 unspecified atom stereocenters. The second-order valence-electron chi connectivity index (χ2n) is 3.99.